The summed E-state index contributed by atoms with van der Waals surface area (Å²) in [4.78, 5) is 4.40. The van der Waals surface area contributed by atoms with Crippen molar-refractivity contribution in [1.82, 2.24) is 4.90 Å². The molecule has 106 valence electrons. The van der Waals surface area contributed by atoms with Gasteiger partial charge < -0.3 is 5.11 Å². The fraction of sp³-hybridized carbons (Fsp3) is 0.235. The van der Waals surface area contributed by atoms with Crippen LogP contribution in [0.15, 0.2) is 36.4 Å². The fourth-order valence-electron chi connectivity index (χ4n) is 2.03. The second-order valence-corrected chi connectivity index (χ2v) is 5.88. The highest BCUT2D eigenvalue weighted by Crippen LogP contribution is 2.18. The second kappa shape index (κ2) is 7.61. The van der Waals surface area contributed by atoms with E-state index in [-0.39, 0.29) is 6.61 Å². The summed E-state index contributed by atoms with van der Waals surface area (Å²) in [5.74, 6) is 5.57. The van der Waals surface area contributed by atoms with Crippen molar-refractivity contribution in [3.8, 4) is 17.9 Å². The summed E-state index contributed by atoms with van der Waals surface area (Å²) in [7, 11) is 2.05. The zero-order chi connectivity index (χ0) is 15.1. The van der Waals surface area contributed by atoms with Gasteiger partial charge in [0, 0.05) is 18.0 Å². The molecule has 0 aliphatic rings. The molecule has 3 nitrogen and oxygen atoms in total. The summed E-state index contributed by atoms with van der Waals surface area (Å²) >= 11 is 1.64. The number of hydrogen-bond acceptors (Lipinski definition) is 4. The average molecular weight is 296 g/mol. The van der Waals surface area contributed by atoms with Crippen molar-refractivity contribution >= 4 is 11.3 Å². The summed E-state index contributed by atoms with van der Waals surface area (Å²) < 4.78 is 0. The fourth-order valence-corrected chi connectivity index (χ4v) is 2.99. The van der Waals surface area contributed by atoms with Gasteiger partial charge >= 0.3 is 0 Å². The molecule has 1 N–H and O–H groups in total. The van der Waals surface area contributed by atoms with E-state index < -0.39 is 0 Å². The van der Waals surface area contributed by atoms with E-state index in [0.29, 0.717) is 5.56 Å². The Bertz CT molecular complexity index is 703. The van der Waals surface area contributed by atoms with Crippen molar-refractivity contribution in [3.05, 3.63) is 57.3 Å². The predicted molar refractivity (Wildman–Crippen MR) is 84.6 cm³/mol. The molecule has 21 heavy (non-hydrogen) atoms. The highest BCUT2D eigenvalue weighted by Gasteiger charge is 2.05. The van der Waals surface area contributed by atoms with Crippen LogP contribution in [0, 0.1) is 23.2 Å². The minimum absolute atomic E-state index is 0.109. The Morgan fingerprint density at radius 2 is 2.10 bits per heavy atom. The first-order valence-electron chi connectivity index (χ1n) is 6.57. The monoisotopic (exact) mass is 296 g/mol. The Morgan fingerprint density at radius 3 is 2.86 bits per heavy atom. The number of rotatable bonds is 4. The molecular weight excluding hydrogens is 280 g/mol. The van der Waals surface area contributed by atoms with Gasteiger partial charge in [0.1, 0.15) is 6.61 Å². The normalized spacial score (nSPS) is 10.0. The maximum atomic E-state index is 8.91. The van der Waals surface area contributed by atoms with Gasteiger partial charge in [-0.15, -0.1) is 11.3 Å². The Balaban J connectivity index is 1.96. The van der Waals surface area contributed by atoms with Gasteiger partial charge in [0.25, 0.3) is 0 Å². The standard InChI is InChI=1S/C17H16N2OS/c1-19(12-15-5-2-4-14(10-15)11-18)13-17-8-7-16(21-17)6-3-9-20/h2,4-5,7-8,10,20H,9,12-13H2,1H3. The molecule has 0 amide bonds. The van der Waals surface area contributed by atoms with Gasteiger partial charge in [-0.05, 0) is 36.9 Å². The maximum absolute atomic E-state index is 8.91. The first kappa shape index (κ1) is 15.3. The van der Waals surface area contributed by atoms with Crippen molar-refractivity contribution in [1.29, 1.82) is 5.26 Å². The molecule has 1 heterocycles. The second-order valence-electron chi connectivity index (χ2n) is 4.71. The van der Waals surface area contributed by atoms with E-state index in [1.54, 1.807) is 11.3 Å². The van der Waals surface area contributed by atoms with Crippen molar-refractivity contribution in [2.75, 3.05) is 13.7 Å². The van der Waals surface area contributed by atoms with Gasteiger partial charge in [-0.2, -0.15) is 5.26 Å². The van der Waals surface area contributed by atoms with Crippen molar-refractivity contribution in [2.24, 2.45) is 0 Å². The number of thiophene rings is 1. The lowest BCUT2D eigenvalue weighted by molar-refractivity contribution is 0.322. The lowest BCUT2D eigenvalue weighted by Crippen LogP contribution is -2.16. The number of aliphatic hydroxyl groups is 1. The van der Waals surface area contributed by atoms with Crippen LogP contribution in [0.5, 0.6) is 0 Å². The van der Waals surface area contributed by atoms with E-state index >= 15 is 0 Å². The van der Waals surface area contributed by atoms with E-state index in [9.17, 15) is 0 Å². The third-order valence-corrected chi connectivity index (χ3v) is 3.87. The molecule has 0 aliphatic carbocycles. The predicted octanol–water partition coefficient (Wildman–Crippen LogP) is 2.60. The minimum atomic E-state index is -0.109. The number of hydrogen-bond donors (Lipinski definition) is 1. The van der Waals surface area contributed by atoms with Gasteiger partial charge in [0.2, 0.25) is 0 Å². The topological polar surface area (TPSA) is 47.3 Å². The first-order valence-corrected chi connectivity index (χ1v) is 7.39. The van der Waals surface area contributed by atoms with Gasteiger partial charge in [-0.25, -0.2) is 0 Å². The Kier molecular flexibility index (Phi) is 5.54. The SMILES string of the molecule is CN(Cc1cccc(C#N)c1)Cc1ccc(C#CCO)s1. The molecule has 0 saturated carbocycles. The molecule has 1 aromatic carbocycles. The van der Waals surface area contributed by atoms with Gasteiger partial charge in [-0.3, -0.25) is 4.90 Å². The Hall–Kier alpha value is -2.11. The van der Waals surface area contributed by atoms with Crippen LogP contribution in [0.3, 0.4) is 0 Å². The smallest absolute Gasteiger partial charge is 0.104 e. The Labute approximate surface area is 129 Å². The van der Waals surface area contributed by atoms with Crippen LogP contribution < -0.4 is 0 Å². The zero-order valence-corrected chi connectivity index (χ0v) is 12.7. The summed E-state index contributed by atoms with van der Waals surface area (Å²) in [6.45, 7) is 1.52. The van der Waals surface area contributed by atoms with Gasteiger partial charge in [0.15, 0.2) is 0 Å². The lowest BCUT2D eigenvalue weighted by atomic mass is 10.1. The van der Waals surface area contributed by atoms with E-state index in [2.05, 4.69) is 35.9 Å². The van der Waals surface area contributed by atoms with Crippen LogP contribution in [-0.2, 0) is 13.1 Å². The highest BCUT2D eigenvalue weighted by atomic mass is 32.1. The Morgan fingerprint density at radius 1 is 1.24 bits per heavy atom. The largest absolute Gasteiger partial charge is 0.384 e. The molecule has 0 radical (unpaired) electrons. The first-order chi connectivity index (χ1) is 10.2. The molecule has 0 bridgehead atoms. The molecule has 0 unspecified atom stereocenters. The maximum Gasteiger partial charge on any atom is 0.104 e. The van der Waals surface area contributed by atoms with E-state index in [1.807, 2.05) is 30.3 Å². The lowest BCUT2D eigenvalue weighted by Gasteiger charge is -2.15. The molecule has 1 aromatic heterocycles. The van der Waals surface area contributed by atoms with E-state index in [1.165, 1.54) is 4.88 Å². The van der Waals surface area contributed by atoms with Crippen LogP contribution in [0.1, 0.15) is 20.9 Å². The molecule has 2 aromatic rings. The minimum Gasteiger partial charge on any atom is -0.384 e. The van der Waals surface area contributed by atoms with Gasteiger partial charge in [0.05, 0.1) is 16.5 Å². The molecule has 0 fully saturated rings. The highest BCUT2D eigenvalue weighted by molar-refractivity contribution is 7.12. The molecular formula is C17H16N2OS. The molecule has 0 saturated heterocycles. The summed E-state index contributed by atoms with van der Waals surface area (Å²) in [6, 6.07) is 13.9. The van der Waals surface area contributed by atoms with Crippen molar-refractivity contribution in [2.45, 2.75) is 13.1 Å². The quantitative estimate of drug-likeness (QED) is 0.882. The molecule has 0 atom stereocenters. The number of nitrogens with zero attached hydrogens (tertiary/aromatic N) is 2. The zero-order valence-electron chi connectivity index (χ0n) is 11.8. The molecule has 0 spiro atoms. The third kappa shape index (κ3) is 4.73. The summed E-state index contributed by atoms with van der Waals surface area (Å²) in [5.41, 5.74) is 1.83. The summed E-state index contributed by atoms with van der Waals surface area (Å²) in [6.07, 6.45) is 0. The molecule has 2 rings (SSSR count). The van der Waals surface area contributed by atoms with Crippen LogP contribution in [-0.4, -0.2) is 23.7 Å². The van der Waals surface area contributed by atoms with Crippen molar-refractivity contribution in [3.63, 3.8) is 0 Å². The van der Waals surface area contributed by atoms with Crippen LogP contribution >= 0.6 is 11.3 Å². The van der Waals surface area contributed by atoms with Gasteiger partial charge in [-0.1, -0.05) is 24.0 Å². The summed E-state index contributed by atoms with van der Waals surface area (Å²) in [5, 5.41) is 17.6. The average Bonchev–Trinajstić information content (AvgIpc) is 2.92. The molecule has 4 heteroatoms. The van der Waals surface area contributed by atoms with Crippen LogP contribution in [0.4, 0.5) is 0 Å². The molecule has 0 aliphatic heterocycles. The number of benzene rings is 1. The van der Waals surface area contributed by atoms with Crippen molar-refractivity contribution < 1.29 is 5.11 Å². The van der Waals surface area contributed by atoms with Crippen LogP contribution in [0.2, 0.25) is 0 Å². The van der Waals surface area contributed by atoms with E-state index in [0.717, 1.165) is 23.5 Å². The third-order valence-electron chi connectivity index (χ3n) is 2.89. The number of aliphatic hydroxyl groups excluding tert-OH is 1. The van der Waals surface area contributed by atoms with E-state index in [4.69, 9.17) is 10.4 Å². The van der Waals surface area contributed by atoms with Crippen LogP contribution in [0.25, 0.3) is 0 Å². The number of nitriles is 1.